The minimum Gasteiger partial charge on any atom is -0.494 e. The SMILES string of the molecule is CCOc1cccc(-n2c3ccccc3c3ccccc32)c1. The van der Waals surface area contributed by atoms with E-state index in [9.17, 15) is 0 Å². The first-order valence-electron chi connectivity index (χ1n) is 7.60. The highest BCUT2D eigenvalue weighted by atomic mass is 16.5. The van der Waals surface area contributed by atoms with Gasteiger partial charge in [-0.05, 0) is 31.2 Å². The molecule has 1 heterocycles. The number of benzene rings is 3. The van der Waals surface area contributed by atoms with Crippen molar-refractivity contribution in [1.29, 1.82) is 0 Å². The third-order valence-electron chi connectivity index (χ3n) is 3.97. The summed E-state index contributed by atoms with van der Waals surface area (Å²) >= 11 is 0. The van der Waals surface area contributed by atoms with Gasteiger partial charge in [-0.2, -0.15) is 0 Å². The number of aromatic nitrogens is 1. The molecule has 108 valence electrons. The average Bonchev–Trinajstić information content (AvgIpc) is 2.90. The third-order valence-corrected chi connectivity index (χ3v) is 3.97. The van der Waals surface area contributed by atoms with E-state index >= 15 is 0 Å². The van der Waals surface area contributed by atoms with E-state index in [2.05, 4.69) is 65.2 Å². The van der Waals surface area contributed by atoms with E-state index in [1.807, 2.05) is 19.1 Å². The smallest absolute Gasteiger partial charge is 0.121 e. The Morgan fingerprint density at radius 1 is 0.773 bits per heavy atom. The van der Waals surface area contributed by atoms with Gasteiger partial charge in [0.15, 0.2) is 0 Å². The molecule has 0 N–H and O–H groups in total. The van der Waals surface area contributed by atoms with Crippen molar-refractivity contribution in [3.05, 3.63) is 72.8 Å². The molecule has 0 saturated carbocycles. The molecule has 0 spiro atoms. The molecule has 4 aromatic rings. The molecule has 3 aromatic carbocycles. The van der Waals surface area contributed by atoms with Crippen molar-refractivity contribution in [3.63, 3.8) is 0 Å². The Kier molecular flexibility index (Phi) is 3.08. The fraction of sp³-hybridized carbons (Fsp3) is 0.100. The summed E-state index contributed by atoms with van der Waals surface area (Å²) < 4.78 is 7.95. The molecule has 4 rings (SSSR count). The molecule has 1 aromatic heterocycles. The Hall–Kier alpha value is -2.74. The number of hydrogen-bond acceptors (Lipinski definition) is 1. The average molecular weight is 287 g/mol. The highest BCUT2D eigenvalue weighted by molar-refractivity contribution is 6.09. The van der Waals surface area contributed by atoms with Crippen LogP contribution in [0.3, 0.4) is 0 Å². The molecule has 0 bridgehead atoms. The van der Waals surface area contributed by atoms with Gasteiger partial charge in [-0.1, -0.05) is 42.5 Å². The molecule has 2 nitrogen and oxygen atoms in total. The van der Waals surface area contributed by atoms with Gasteiger partial charge in [0, 0.05) is 22.5 Å². The van der Waals surface area contributed by atoms with Crippen LogP contribution in [0.1, 0.15) is 6.92 Å². The summed E-state index contributed by atoms with van der Waals surface area (Å²) in [4.78, 5) is 0. The van der Waals surface area contributed by atoms with E-state index in [1.54, 1.807) is 0 Å². The number of fused-ring (bicyclic) bond motifs is 3. The fourth-order valence-corrected chi connectivity index (χ4v) is 3.08. The Labute approximate surface area is 129 Å². The summed E-state index contributed by atoms with van der Waals surface area (Å²) in [6.07, 6.45) is 0. The summed E-state index contributed by atoms with van der Waals surface area (Å²) in [5.74, 6) is 0.905. The van der Waals surface area contributed by atoms with Crippen molar-refractivity contribution in [2.75, 3.05) is 6.61 Å². The molecular weight excluding hydrogens is 270 g/mol. The van der Waals surface area contributed by atoms with Crippen molar-refractivity contribution in [2.45, 2.75) is 6.92 Å². The number of para-hydroxylation sites is 2. The van der Waals surface area contributed by atoms with Crippen LogP contribution in [0.2, 0.25) is 0 Å². The maximum absolute atomic E-state index is 5.66. The molecular formula is C20H17NO. The number of ether oxygens (including phenoxy) is 1. The van der Waals surface area contributed by atoms with Crippen LogP contribution < -0.4 is 4.74 Å². The van der Waals surface area contributed by atoms with E-state index in [-0.39, 0.29) is 0 Å². The molecule has 0 atom stereocenters. The molecule has 0 fully saturated rings. The van der Waals surface area contributed by atoms with Gasteiger partial charge in [0.05, 0.1) is 17.6 Å². The van der Waals surface area contributed by atoms with Crippen LogP contribution in [0.15, 0.2) is 72.8 Å². The molecule has 0 aliphatic heterocycles. The van der Waals surface area contributed by atoms with Crippen LogP contribution in [-0.2, 0) is 0 Å². The first-order valence-corrected chi connectivity index (χ1v) is 7.60. The monoisotopic (exact) mass is 287 g/mol. The molecule has 22 heavy (non-hydrogen) atoms. The standard InChI is InChI=1S/C20H17NO/c1-2-22-16-9-7-8-15(14-16)21-19-12-5-3-10-17(19)18-11-4-6-13-20(18)21/h3-14H,2H2,1H3. The first-order chi connectivity index (χ1) is 10.9. The van der Waals surface area contributed by atoms with E-state index in [4.69, 9.17) is 4.74 Å². The van der Waals surface area contributed by atoms with Gasteiger partial charge < -0.3 is 9.30 Å². The van der Waals surface area contributed by atoms with Crippen LogP contribution in [-0.4, -0.2) is 11.2 Å². The number of nitrogens with zero attached hydrogens (tertiary/aromatic N) is 1. The van der Waals surface area contributed by atoms with E-state index in [0.717, 1.165) is 11.4 Å². The zero-order valence-corrected chi connectivity index (χ0v) is 12.5. The summed E-state index contributed by atoms with van der Waals surface area (Å²) in [6.45, 7) is 2.68. The topological polar surface area (TPSA) is 14.2 Å². The minimum absolute atomic E-state index is 0.677. The number of rotatable bonds is 3. The highest BCUT2D eigenvalue weighted by Crippen LogP contribution is 2.32. The lowest BCUT2D eigenvalue weighted by atomic mass is 10.2. The molecule has 0 radical (unpaired) electrons. The third kappa shape index (κ3) is 1.96. The normalized spacial score (nSPS) is 11.1. The van der Waals surface area contributed by atoms with Gasteiger partial charge in [-0.25, -0.2) is 0 Å². The summed E-state index contributed by atoms with van der Waals surface area (Å²) in [5, 5.41) is 2.56. The highest BCUT2D eigenvalue weighted by Gasteiger charge is 2.11. The second-order valence-corrected chi connectivity index (χ2v) is 5.30. The van der Waals surface area contributed by atoms with Crippen molar-refractivity contribution in [2.24, 2.45) is 0 Å². The maximum Gasteiger partial charge on any atom is 0.121 e. The first kappa shape index (κ1) is 13.0. The molecule has 0 unspecified atom stereocenters. The Morgan fingerprint density at radius 3 is 2.05 bits per heavy atom. The van der Waals surface area contributed by atoms with Crippen molar-refractivity contribution >= 4 is 21.8 Å². The molecule has 0 amide bonds. The minimum atomic E-state index is 0.677. The predicted molar refractivity (Wildman–Crippen MR) is 92.0 cm³/mol. The summed E-state index contributed by atoms with van der Waals surface area (Å²) in [7, 11) is 0. The Balaban J connectivity index is 2.06. The van der Waals surface area contributed by atoms with Crippen LogP contribution in [0.25, 0.3) is 27.5 Å². The number of hydrogen-bond donors (Lipinski definition) is 0. The van der Waals surface area contributed by atoms with Crippen molar-refractivity contribution in [3.8, 4) is 11.4 Å². The van der Waals surface area contributed by atoms with E-state index in [0.29, 0.717) is 6.61 Å². The zero-order chi connectivity index (χ0) is 14.9. The largest absolute Gasteiger partial charge is 0.494 e. The fourth-order valence-electron chi connectivity index (χ4n) is 3.08. The van der Waals surface area contributed by atoms with Gasteiger partial charge in [0.1, 0.15) is 5.75 Å². The zero-order valence-electron chi connectivity index (χ0n) is 12.5. The van der Waals surface area contributed by atoms with Gasteiger partial charge in [0.2, 0.25) is 0 Å². The second-order valence-electron chi connectivity index (χ2n) is 5.30. The van der Waals surface area contributed by atoms with Gasteiger partial charge in [0.25, 0.3) is 0 Å². The van der Waals surface area contributed by atoms with E-state index in [1.165, 1.54) is 21.8 Å². The van der Waals surface area contributed by atoms with Crippen LogP contribution in [0, 0.1) is 0 Å². The molecule has 2 heteroatoms. The quantitative estimate of drug-likeness (QED) is 0.506. The van der Waals surface area contributed by atoms with Crippen molar-refractivity contribution in [1.82, 2.24) is 4.57 Å². The van der Waals surface area contributed by atoms with E-state index < -0.39 is 0 Å². The van der Waals surface area contributed by atoms with Crippen LogP contribution in [0.4, 0.5) is 0 Å². The predicted octanol–water partition coefficient (Wildman–Crippen LogP) is 5.18. The molecule has 0 aliphatic rings. The lowest BCUT2D eigenvalue weighted by Gasteiger charge is -2.10. The molecule has 0 saturated heterocycles. The maximum atomic E-state index is 5.66. The Morgan fingerprint density at radius 2 is 1.41 bits per heavy atom. The van der Waals surface area contributed by atoms with Gasteiger partial charge in [-0.15, -0.1) is 0 Å². The van der Waals surface area contributed by atoms with Gasteiger partial charge >= 0.3 is 0 Å². The van der Waals surface area contributed by atoms with Crippen LogP contribution >= 0.6 is 0 Å². The van der Waals surface area contributed by atoms with Crippen LogP contribution in [0.5, 0.6) is 5.75 Å². The molecule has 0 aliphatic carbocycles. The second kappa shape index (κ2) is 5.23. The summed E-state index contributed by atoms with van der Waals surface area (Å²) in [5.41, 5.74) is 3.57. The van der Waals surface area contributed by atoms with Crippen molar-refractivity contribution < 1.29 is 4.74 Å². The lowest BCUT2D eigenvalue weighted by molar-refractivity contribution is 0.340. The lowest BCUT2D eigenvalue weighted by Crippen LogP contribution is -1.96. The summed E-state index contributed by atoms with van der Waals surface area (Å²) in [6, 6.07) is 25.3. The van der Waals surface area contributed by atoms with Gasteiger partial charge in [-0.3, -0.25) is 0 Å². The Bertz CT molecular complexity index is 899.